The summed E-state index contributed by atoms with van der Waals surface area (Å²) in [5, 5.41) is 0. The van der Waals surface area contributed by atoms with Crippen LogP contribution in [0.3, 0.4) is 0 Å². The summed E-state index contributed by atoms with van der Waals surface area (Å²) >= 11 is 0. The molecule has 0 spiro atoms. The summed E-state index contributed by atoms with van der Waals surface area (Å²) in [6, 6.07) is 9.22. The van der Waals surface area contributed by atoms with E-state index in [4.69, 9.17) is 18.9 Å². The molecule has 0 saturated heterocycles. The zero-order valence-electron chi connectivity index (χ0n) is 21.0. The zero-order chi connectivity index (χ0) is 25.0. The minimum Gasteiger partial charge on any atom is -0.493 e. The topological polar surface area (TPSA) is 77.5 Å². The molecule has 2 aromatic carbocycles. The first-order valence-corrected chi connectivity index (χ1v) is 11.4. The summed E-state index contributed by atoms with van der Waals surface area (Å²) in [5.74, 6) is 1.00. The molecule has 0 radical (unpaired) electrons. The highest BCUT2D eigenvalue weighted by molar-refractivity contribution is 5.91. The van der Waals surface area contributed by atoms with Gasteiger partial charge in [0.2, 0.25) is 0 Å². The van der Waals surface area contributed by atoms with Gasteiger partial charge in [-0.05, 0) is 45.7 Å². The van der Waals surface area contributed by atoms with Gasteiger partial charge in [0.05, 0.1) is 39.7 Å². The number of amides is 2. The van der Waals surface area contributed by atoms with Gasteiger partial charge in [0.1, 0.15) is 0 Å². The van der Waals surface area contributed by atoms with E-state index in [2.05, 4.69) is 18.2 Å². The van der Waals surface area contributed by atoms with Gasteiger partial charge in [-0.2, -0.15) is 0 Å². The van der Waals surface area contributed by atoms with E-state index < -0.39 is 12.2 Å². The predicted molar refractivity (Wildman–Crippen MR) is 130 cm³/mol. The molecule has 0 saturated carbocycles. The number of rotatable bonds is 6. The number of methoxy groups -OCH3 is 3. The minimum atomic E-state index is -0.444. The maximum Gasteiger partial charge on any atom is 0.414 e. The number of carbonyl (C=O) groups is 2. The molecule has 0 bridgehead atoms. The van der Waals surface area contributed by atoms with E-state index in [9.17, 15) is 9.59 Å². The summed E-state index contributed by atoms with van der Waals surface area (Å²) in [4.78, 5) is 29.2. The third-order valence-corrected chi connectivity index (χ3v) is 6.04. The molecule has 8 nitrogen and oxygen atoms in total. The highest BCUT2D eigenvalue weighted by Crippen LogP contribution is 2.46. The fraction of sp³-hybridized carbons (Fsp3) is 0.462. The van der Waals surface area contributed by atoms with Crippen molar-refractivity contribution in [1.82, 2.24) is 4.90 Å². The summed E-state index contributed by atoms with van der Waals surface area (Å²) in [6.07, 6.45) is -0.385. The third kappa shape index (κ3) is 5.05. The van der Waals surface area contributed by atoms with Crippen molar-refractivity contribution < 1.29 is 28.5 Å². The molecule has 0 N–H and O–H groups in total. The highest BCUT2D eigenvalue weighted by atomic mass is 16.6. The molecule has 8 heteroatoms. The Morgan fingerprint density at radius 1 is 1.00 bits per heavy atom. The summed E-state index contributed by atoms with van der Waals surface area (Å²) in [5.41, 5.74) is 4.63. The lowest BCUT2D eigenvalue weighted by Crippen LogP contribution is -2.47. The van der Waals surface area contributed by atoms with Gasteiger partial charge in [-0.1, -0.05) is 29.3 Å². The maximum absolute atomic E-state index is 13.0. The molecular weight excluding hydrogens is 436 g/mol. The Kier molecular flexibility index (Phi) is 7.91. The molecule has 3 rings (SSSR count). The number of hydrogen-bond donors (Lipinski definition) is 0. The molecule has 0 aliphatic carbocycles. The van der Waals surface area contributed by atoms with Crippen molar-refractivity contribution in [2.24, 2.45) is 0 Å². The smallest absolute Gasteiger partial charge is 0.414 e. The highest BCUT2D eigenvalue weighted by Gasteiger charge is 2.40. The van der Waals surface area contributed by atoms with Crippen LogP contribution in [0, 0.1) is 13.8 Å². The van der Waals surface area contributed by atoms with E-state index in [0.29, 0.717) is 30.2 Å². The maximum atomic E-state index is 13.0. The molecule has 1 heterocycles. The van der Waals surface area contributed by atoms with Crippen LogP contribution >= 0.6 is 0 Å². The molecular formula is C26H34N2O6. The van der Waals surface area contributed by atoms with Crippen LogP contribution in [0.1, 0.15) is 48.6 Å². The van der Waals surface area contributed by atoms with Crippen LogP contribution in [0.25, 0.3) is 0 Å². The van der Waals surface area contributed by atoms with Gasteiger partial charge >= 0.3 is 12.2 Å². The summed E-state index contributed by atoms with van der Waals surface area (Å²) in [6.45, 7) is 8.40. The van der Waals surface area contributed by atoms with Crippen molar-refractivity contribution in [2.45, 2.75) is 52.7 Å². The van der Waals surface area contributed by atoms with Crippen LogP contribution in [0.5, 0.6) is 11.5 Å². The molecule has 0 aromatic heterocycles. The number of anilines is 1. The predicted octanol–water partition coefficient (Wildman–Crippen LogP) is 5.39. The Hall–Kier alpha value is -3.42. The number of carbonyl (C=O) groups excluding carboxylic acids is 2. The van der Waals surface area contributed by atoms with Crippen LogP contribution in [0.15, 0.2) is 30.3 Å². The second kappa shape index (κ2) is 10.7. The lowest BCUT2D eigenvalue weighted by molar-refractivity contribution is 0.0941. The van der Waals surface area contributed by atoms with Crippen LogP contribution < -0.4 is 14.4 Å². The number of benzene rings is 2. The van der Waals surface area contributed by atoms with Crippen molar-refractivity contribution in [1.29, 1.82) is 0 Å². The average Bonchev–Trinajstić information content (AvgIpc) is 2.80. The van der Waals surface area contributed by atoms with Crippen LogP contribution in [0.4, 0.5) is 15.3 Å². The van der Waals surface area contributed by atoms with Crippen molar-refractivity contribution in [3.63, 3.8) is 0 Å². The van der Waals surface area contributed by atoms with Gasteiger partial charge < -0.3 is 18.9 Å². The molecule has 34 heavy (non-hydrogen) atoms. The van der Waals surface area contributed by atoms with Gasteiger partial charge in [-0.3, -0.25) is 9.80 Å². The number of hydrogen-bond acceptors (Lipinski definition) is 6. The summed E-state index contributed by atoms with van der Waals surface area (Å²) < 4.78 is 21.6. The quantitative estimate of drug-likeness (QED) is 0.564. The Labute approximate surface area is 201 Å². The van der Waals surface area contributed by atoms with Gasteiger partial charge in [0.15, 0.2) is 11.5 Å². The molecule has 2 amide bonds. The van der Waals surface area contributed by atoms with Gasteiger partial charge in [0.25, 0.3) is 0 Å². The number of ether oxygens (including phenoxy) is 4. The van der Waals surface area contributed by atoms with E-state index in [0.717, 1.165) is 22.3 Å². The van der Waals surface area contributed by atoms with E-state index >= 15 is 0 Å². The standard InChI is InChI=1S/C26H34N2O6/c1-8-34-26(30)28-18(4)12-21(20-13-23(31-5)24(32-6)14-22(20)28)27(25(29)33-7)15-19-10-16(2)9-17(3)11-19/h9-11,13-14,18,21H,8,12,15H2,1-7H3. The van der Waals surface area contributed by atoms with Gasteiger partial charge in [-0.15, -0.1) is 0 Å². The van der Waals surface area contributed by atoms with E-state index in [1.165, 1.54) is 7.11 Å². The number of nitrogens with zero attached hydrogens (tertiary/aromatic N) is 2. The largest absolute Gasteiger partial charge is 0.493 e. The first-order chi connectivity index (χ1) is 16.2. The van der Waals surface area contributed by atoms with Crippen molar-refractivity contribution in [2.75, 3.05) is 32.8 Å². The lowest BCUT2D eigenvalue weighted by atomic mass is 9.90. The second-order valence-electron chi connectivity index (χ2n) is 8.53. The Bertz CT molecular complexity index is 1030. The van der Waals surface area contributed by atoms with Crippen molar-refractivity contribution in [3.05, 3.63) is 52.6 Å². The Morgan fingerprint density at radius 3 is 2.18 bits per heavy atom. The van der Waals surface area contributed by atoms with Gasteiger partial charge in [-0.25, -0.2) is 9.59 Å². The fourth-order valence-corrected chi connectivity index (χ4v) is 4.70. The normalized spacial score (nSPS) is 17.0. The minimum absolute atomic E-state index is 0.235. The molecule has 2 aromatic rings. The fourth-order valence-electron chi connectivity index (χ4n) is 4.70. The second-order valence-corrected chi connectivity index (χ2v) is 8.53. The SMILES string of the molecule is CCOC(=O)N1c2cc(OC)c(OC)cc2C(N(Cc2cc(C)cc(C)c2)C(=O)OC)CC1C. The summed E-state index contributed by atoms with van der Waals surface area (Å²) in [7, 11) is 4.48. The van der Waals surface area contributed by atoms with Crippen molar-refractivity contribution in [3.8, 4) is 11.5 Å². The Balaban J connectivity index is 2.15. The van der Waals surface area contributed by atoms with Gasteiger partial charge in [0, 0.05) is 24.2 Å². The van der Waals surface area contributed by atoms with Crippen LogP contribution in [-0.4, -0.2) is 51.1 Å². The lowest BCUT2D eigenvalue weighted by Gasteiger charge is -2.42. The van der Waals surface area contributed by atoms with E-state index in [-0.39, 0.29) is 18.7 Å². The van der Waals surface area contributed by atoms with Crippen LogP contribution in [-0.2, 0) is 16.0 Å². The molecule has 2 unspecified atom stereocenters. The van der Waals surface area contributed by atoms with Crippen molar-refractivity contribution >= 4 is 17.9 Å². The zero-order valence-corrected chi connectivity index (χ0v) is 21.0. The number of aryl methyl sites for hydroxylation is 2. The monoisotopic (exact) mass is 470 g/mol. The first kappa shape index (κ1) is 25.2. The number of fused-ring (bicyclic) bond motifs is 1. The first-order valence-electron chi connectivity index (χ1n) is 11.4. The Morgan fingerprint density at radius 2 is 1.62 bits per heavy atom. The molecule has 184 valence electrons. The van der Waals surface area contributed by atoms with E-state index in [1.54, 1.807) is 37.0 Å². The molecule has 1 aliphatic rings. The molecule has 0 fully saturated rings. The molecule has 1 aliphatic heterocycles. The third-order valence-electron chi connectivity index (χ3n) is 6.04. The van der Waals surface area contributed by atoms with E-state index in [1.807, 2.05) is 26.8 Å². The average molecular weight is 471 g/mol. The van der Waals surface area contributed by atoms with Crippen LogP contribution in [0.2, 0.25) is 0 Å². The molecule has 2 atom stereocenters.